The van der Waals surface area contributed by atoms with Gasteiger partial charge in [-0.25, -0.2) is 0 Å². The third-order valence-electron chi connectivity index (χ3n) is 5.46. The van der Waals surface area contributed by atoms with Gasteiger partial charge in [-0.05, 0) is 36.2 Å². The van der Waals surface area contributed by atoms with E-state index in [1.165, 1.54) is 23.1 Å². The lowest BCUT2D eigenvalue weighted by Gasteiger charge is -2.28. The second-order valence-corrected chi connectivity index (χ2v) is 8.46. The van der Waals surface area contributed by atoms with E-state index in [1.54, 1.807) is 37.3 Å². The molecule has 4 rings (SSSR count). The number of benzene rings is 2. The van der Waals surface area contributed by atoms with E-state index in [2.05, 4.69) is 14.9 Å². The summed E-state index contributed by atoms with van der Waals surface area (Å²) >= 11 is 0. The number of halogens is 2. The van der Waals surface area contributed by atoms with Crippen LogP contribution in [-0.2, 0) is 9.59 Å². The van der Waals surface area contributed by atoms with Crippen LogP contribution in [0.2, 0.25) is 0 Å². The highest BCUT2D eigenvalue weighted by Gasteiger charge is 2.45. The third-order valence-corrected chi connectivity index (χ3v) is 5.46. The van der Waals surface area contributed by atoms with Crippen molar-refractivity contribution in [3.8, 4) is 17.1 Å². The number of ketones is 1. The van der Waals surface area contributed by atoms with Gasteiger partial charge in [-0.2, -0.15) is 13.8 Å². The van der Waals surface area contributed by atoms with E-state index < -0.39 is 30.1 Å². The number of ether oxygens (including phenoxy) is 1. The fraction of sp³-hybridized carbons (Fsp3) is 0.280. The Balaban J connectivity index is 1.82. The zero-order valence-corrected chi connectivity index (χ0v) is 19.2. The monoisotopic (exact) mass is 483 g/mol. The maximum atomic E-state index is 13.2. The van der Waals surface area contributed by atoms with Crippen molar-refractivity contribution in [2.24, 2.45) is 5.92 Å². The van der Waals surface area contributed by atoms with Crippen LogP contribution >= 0.6 is 0 Å². The molecule has 1 N–H and O–H groups in total. The van der Waals surface area contributed by atoms with Gasteiger partial charge in [0.25, 0.3) is 5.91 Å². The van der Waals surface area contributed by atoms with Gasteiger partial charge >= 0.3 is 6.61 Å². The molecule has 35 heavy (non-hydrogen) atoms. The summed E-state index contributed by atoms with van der Waals surface area (Å²) in [5, 5.41) is 14.6. The first-order chi connectivity index (χ1) is 16.7. The molecule has 1 aromatic heterocycles. The van der Waals surface area contributed by atoms with Gasteiger partial charge in [0, 0.05) is 30.2 Å². The van der Waals surface area contributed by atoms with Gasteiger partial charge in [-0.15, -0.1) is 0 Å². The first kappa shape index (κ1) is 24.1. The number of aromatic nitrogens is 2. The van der Waals surface area contributed by atoms with E-state index in [0.717, 1.165) is 0 Å². The Morgan fingerprint density at radius 3 is 2.46 bits per heavy atom. The maximum Gasteiger partial charge on any atom is 0.387 e. The Morgan fingerprint density at radius 2 is 1.86 bits per heavy atom. The van der Waals surface area contributed by atoms with Crippen LogP contribution in [0.15, 0.2) is 64.4 Å². The molecule has 1 atom stereocenters. The lowest BCUT2D eigenvalue weighted by molar-refractivity contribution is -0.118. The topological polar surface area (TPSA) is 106 Å². The Morgan fingerprint density at radius 1 is 1.17 bits per heavy atom. The van der Waals surface area contributed by atoms with Crippen molar-refractivity contribution < 1.29 is 32.7 Å². The SMILES string of the molecule is Cc1nc(-c2ccc(N3C(=O)C(O)=C(C(=O)CC(C)C)C3c3ccccc3OC(F)F)cc2)no1. The van der Waals surface area contributed by atoms with Crippen LogP contribution in [0.5, 0.6) is 5.75 Å². The molecule has 0 spiro atoms. The summed E-state index contributed by atoms with van der Waals surface area (Å²) in [7, 11) is 0. The summed E-state index contributed by atoms with van der Waals surface area (Å²) in [6.07, 6.45) is 0.0605. The summed E-state index contributed by atoms with van der Waals surface area (Å²) in [6, 6.07) is 11.2. The molecule has 0 saturated carbocycles. The Hall–Kier alpha value is -4.08. The van der Waals surface area contributed by atoms with Crippen molar-refractivity contribution in [2.75, 3.05) is 4.90 Å². The van der Waals surface area contributed by atoms with E-state index in [1.807, 2.05) is 13.8 Å². The molecule has 1 unspecified atom stereocenters. The maximum absolute atomic E-state index is 13.2. The molecule has 0 aliphatic carbocycles. The summed E-state index contributed by atoms with van der Waals surface area (Å²) in [5.41, 5.74) is 0.931. The molecular formula is C25H23F2N3O5. The molecule has 2 heterocycles. The second-order valence-electron chi connectivity index (χ2n) is 8.46. The van der Waals surface area contributed by atoms with Crippen LogP contribution in [-0.4, -0.2) is 33.5 Å². The number of nitrogens with zero attached hydrogens (tertiary/aromatic N) is 3. The number of alkyl halides is 2. The number of para-hydroxylation sites is 1. The van der Waals surface area contributed by atoms with Crippen LogP contribution in [0.25, 0.3) is 11.4 Å². The van der Waals surface area contributed by atoms with Crippen molar-refractivity contribution >= 4 is 17.4 Å². The average molecular weight is 483 g/mol. The quantitative estimate of drug-likeness (QED) is 0.472. The zero-order chi connectivity index (χ0) is 25.3. The Bertz CT molecular complexity index is 1280. The molecule has 1 amide bonds. The van der Waals surface area contributed by atoms with E-state index in [4.69, 9.17) is 4.52 Å². The Labute approximate surface area is 199 Å². The van der Waals surface area contributed by atoms with Crippen LogP contribution < -0.4 is 9.64 Å². The predicted octanol–water partition coefficient (Wildman–Crippen LogP) is 5.16. The average Bonchev–Trinajstić information content (AvgIpc) is 3.34. The molecule has 8 nitrogen and oxygen atoms in total. The van der Waals surface area contributed by atoms with Crippen molar-refractivity contribution in [1.29, 1.82) is 0 Å². The van der Waals surface area contributed by atoms with Gasteiger partial charge in [0.15, 0.2) is 11.5 Å². The van der Waals surface area contributed by atoms with E-state index in [0.29, 0.717) is 23.0 Å². The van der Waals surface area contributed by atoms with E-state index in [-0.39, 0.29) is 29.2 Å². The first-order valence-corrected chi connectivity index (χ1v) is 10.9. The fourth-order valence-electron chi connectivity index (χ4n) is 4.03. The number of carbonyl (C=O) groups is 2. The fourth-order valence-corrected chi connectivity index (χ4v) is 4.03. The van der Waals surface area contributed by atoms with Crippen LogP contribution in [0.1, 0.15) is 37.8 Å². The van der Waals surface area contributed by atoms with Crippen LogP contribution in [0.3, 0.4) is 0 Å². The first-order valence-electron chi connectivity index (χ1n) is 10.9. The number of Topliss-reactive ketones (excluding diaryl/α,β-unsaturated/α-hetero) is 1. The molecule has 10 heteroatoms. The van der Waals surface area contributed by atoms with Gasteiger partial charge in [0.1, 0.15) is 5.75 Å². The molecule has 0 fully saturated rings. The summed E-state index contributed by atoms with van der Waals surface area (Å²) in [4.78, 5) is 31.7. The van der Waals surface area contributed by atoms with Crippen LogP contribution in [0, 0.1) is 12.8 Å². The highest BCUT2D eigenvalue weighted by molar-refractivity contribution is 6.16. The molecule has 1 aliphatic rings. The largest absolute Gasteiger partial charge is 0.503 e. The van der Waals surface area contributed by atoms with E-state index in [9.17, 15) is 23.5 Å². The van der Waals surface area contributed by atoms with Crippen molar-refractivity contribution in [3.05, 3.63) is 71.3 Å². The van der Waals surface area contributed by atoms with E-state index >= 15 is 0 Å². The lowest BCUT2D eigenvalue weighted by atomic mass is 9.91. The van der Waals surface area contributed by atoms with Gasteiger partial charge in [0.05, 0.1) is 11.6 Å². The van der Waals surface area contributed by atoms with Crippen molar-refractivity contribution in [3.63, 3.8) is 0 Å². The molecule has 0 radical (unpaired) electrons. The van der Waals surface area contributed by atoms with Crippen LogP contribution in [0.4, 0.5) is 14.5 Å². The second kappa shape index (κ2) is 9.65. The minimum atomic E-state index is -3.12. The number of aliphatic hydroxyl groups excluding tert-OH is 1. The predicted molar refractivity (Wildman–Crippen MR) is 122 cm³/mol. The van der Waals surface area contributed by atoms with Gasteiger partial charge in [0.2, 0.25) is 11.7 Å². The number of rotatable bonds is 8. The standard InChI is InChI=1S/C25H23F2N3O5/c1-13(2)12-18(31)20-21(17-6-4-5-7-19(17)34-25(26)27)30(24(33)22(20)32)16-10-8-15(9-11-16)23-28-14(3)35-29-23/h4-11,13,21,25,32H,12H2,1-3H3. The highest BCUT2D eigenvalue weighted by Crippen LogP contribution is 2.45. The third kappa shape index (κ3) is 4.77. The smallest absolute Gasteiger partial charge is 0.387 e. The molecule has 2 aromatic carbocycles. The molecule has 0 saturated heterocycles. The highest BCUT2D eigenvalue weighted by atomic mass is 19.3. The Kier molecular flexibility index (Phi) is 6.63. The number of hydrogen-bond acceptors (Lipinski definition) is 7. The van der Waals surface area contributed by atoms with Gasteiger partial charge in [-0.1, -0.05) is 37.2 Å². The molecular weight excluding hydrogens is 460 g/mol. The summed E-state index contributed by atoms with van der Waals surface area (Å²) in [6.45, 7) is 2.18. The minimum absolute atomic E-state index is 0.0575. The summed E-state index contributed by atoms with van der Waals surface area (Å²) in [5.74, 6) is -1.52. The lowest BCUT2D eigenvalue weighted by Crippen LogP contribution is -2.31. The number of hydrogen-bond donors (Lipinski definition) is 1. The number of amides is 1. The van der Waals surface area contributed by atoms with Gasteiger partial charge in [-0.3, -0.25) is 14.5 Å². The molecule has 1 aliphatic heterocycles. The van der Waals surface area contributed by atoms with Crippen molar-refractivity contribution in [1.82, 2.24) is 10.1 Å². The number of aryl methyl sites for hydroxylation is 1. The normalized spacial score (nSPS) is 16.0. The van der Waals surface area contributed by atoms with Gasteiger partial charge < -0.3 is 14.4 Å². The molecule has 182 valence electrons. The zero-order valence-electron chi connectivity index (χ0n) is 19.2. The number of carbonyl (C=O) groups excluding carboxylic acids is 2. The molecule has 0 bridgehead atoms. The number of anilines is 1. The minimum Gasteiger partial charge on any atom is -0.503 e. The van der Waals surface area contributed by atoms with Crippen molar-refractivity contribution in [2.45, 2.75) is 39.8 Å². The molecule has 3 aromatic rings. The summed E-state index contributed by atoms with van der Waals surface area (Å²) < 4.78 is 36.0. The number of aliphatic hydroxyl groups is 1.